The smallest absolute Gasteiger partial charge is 0.305 e. The third kappa shape index (κ3) is 5.27. The summed E-state index contributed by atoms with van der Waals surface area (Å²) in [5.41, 5.74) is 1.91. The van der Waals surface area contributed by atoms with E-state index in [2.05, 4.69) is 21.2 Å². The van der Waals surface area contributed by atoms with E-state index in [4.69, 9.17) is 5.11 Å². The average Bonchev–Trinajstić information content (AvgIpc) is 2.98. The van der Waals surface area contributed by atoms with Crippen LogP contribution < -0.4 is 5.32 Å². The molecule has 0 aliphatic heterocycles. The summed E-state index contributed by atoms with van der Waals surface area (Å²) >= 11 is 4.94. The predicted octanol–water partition coefficient (Wildman–Crippen LogP) is 3.78. The molecule has 1 unspecified atom stereocenters. The van der Waals surface area contributed by atoms with E-state index in [-0.39, 0.29) is 12.3 Å². The average molecular weight is 382 g/mol. The van der Waals surface area contributed by atoms with Crippen LogP contribution >= 0.6 is 27.3 Å². The molecule has 1 atom stereocenters. The first-order valence-electron chi connectivity index (χ1n) is 6.82. The number of carboxylic acids is 1. The van der Waals surface area contributed by atoms with E-state index in [0.717, 1.165) is 15.6 Å². The summed E-state index contributed by atoms with van der Waals surface area (Å²) in [4.78, 5) is 23.1. The number of carboxylic acid groups (broad SMARTS) is 1. The van der Waals surface area contributed by atoms with Gasteiger partial charge in [-0.2, -0.15) is 11.3 Å². The van der Waals surface area contributed by atoms with Crippen LogP contribution in [0.1, 0.15) is 30.0 Å². The third-order valence-electron chi connectivity index (χ3n) is 3.21. The molecule has 1 aromatic heterocycles. The number of carbonyl (C=O) groups is 2. The monoisotopic (exact) mass is 381 g/mol. The molecular formula is C16H16BrNO3S. The van der Waals surface area contributed by atoms with Crippen molar-refractivity contribution in [3.8, 4) is 0 Å². The Kier molecular flexibility index (Phi) is 6.15. The topological polar surface area (TPSA) is 66.4 Å². The van der Waals surface area contributed by atoms with Crippen LogP contribution in [-0.4, -0.2) is 17.0 Å². The molecule has 0 aliphatic carbocycles. The van der Waals surface area contributed by atoms with Crippen molar-refractivity contribution < 1.29 is 14.7 Å². The van der Waals surface area contributed by atoms with Crippen molar-refractivity contribution in [3.05, 3.63) is 56.7 Å². The molecule has 2 aromatic rings. The molecule has 0 fully saturated rings. The second kappa shape index (κ2) is 8.10. The highest BCUT2D eigenvalue weighted by Crippen LogP contribution is 2.20. The molecule has 1 aromatic carbocycles. The van der Waals surface area contributed by atoms with Crippen LogP contribution in [0.5, 0.6) is 0 Å². The first-order valence-corrected chi connectivity index (χ1v) is 8.56. The highest BCUT2D eigenvalue weighted by atomic mass is 79.9. The van der Waals surface area contributed by atoms with Gasteiger partial charge in [0.1, 0.15) is 0 Å². The zero-order valence-corrected chi connectivity index (χ0v) is 14.2. The zero-order valence-electron chi connectivity index (χ0n) is 11.8. The molecule has 0 saturated heterocycles. The van der Waals surface area contributed by atoms with Crippen LogP contribution in [-0.2, 0) is 16.0 Å². The van der Waals surface area contributed by atoms with E-state index in [9.17, 15) is 9.59 Å². The lowest BCUT2D eigenvalue weighted by molar-refractivity contribution is -0.137. The Morgan fingerprint density at radius 1 is 1.23 bits per heavy atom. The number of rotatable bonds is 7. The molecule has 6 heteroatoms. The SMILES string of the molecule is O=C(O)CC(NC(=O)CCc1ccsc1)c1ccc(Br)cc1. The highest BCUT2D eigenvalue weighted by molar-refractivity contribution is 9.10. The van der Waals surface area contributed by atoms with E-state index in [1.165, 1.54) is 0 Å². The number of nitrogens with one attached hydrogen (secondary N) is 1. The fourth-order valence-electron chi connectivity index (χ4n) is 2.08. The predicted molar refractivity (Wildman–Crippen MR) is 89.9 cm³/mol. The van der Waals surface area contributed by atoms with Crippen LogP contribution in [0.25, 0.3) is 0 Å². The normalized spacial score (nSPS) is 11.9. The molecule has 0 aliphatic rings. The van der Waals surface area contributed by atoms with E-state index >= 15 is 0 Å². The largest absolute Gasteiger partial charge is 0.481 e. The van der Waals surface area contributed by atoms with Gasteiger partial charge in [0, 0.05) is 10.9 Å². The number of halogens is 1. The van der Waals surface area contributed by atoms with E-state index in [1.807, 2.05) is 41.1 Å². The van der Waals surface area contributed by atoms with E-state index < -0.39 is 12.0 Å². The zero-order chi connectivity index (χ0) is 15.9. The number of thiophene rings is 1. The van der Waals surface area contributed by atoms with E-state index in [0.29, 0.717) is 12.8 Å². The van der Waals surface area contributed by atoms with Gasteiger partial charge in [0.15, 0.2) is 0 Å². The number of hydrogen-bond acceptors (Lipinski definition) is 3. The molecule has 0 radical (unpaired) electrons. The molecule has 0 saturated carbocycles. The lowest BCUT2D eigenvalue weighted by atomic mass is 10.0. The van der Waals surface area contributed by atoms with Gasteiger partial charge >= 0.3 is 5.97 Å². The number of amides is 1. The minimum Gasteiger partial charge on any atom is -0.481 e. The third-order valence-corrected chi connectivity index (χ3v) is 4.47. The Hall–Kier alpha value is -1.66. The second-order valence-corrected chi connectivity index (χ2v) is 6.60. The van der Waals surface area contributed by atoms with Crippen molar-refractivity contribution in [2.75, 3.05) is 0 Å². The first kappa shape index (κ1) is 16.7. The Bertz CT molecular complexity index is 625. The molecule has 1 heterocycles. The lowest BCUT2D eigenvalue weighted by Gasteiger charge is -2.17. The molecule has 1 amide bonds. The molecule has 116 valence electrons. The van der Waals surface area contributed by atoms with Gasteiger partial charge < -0.3 is 10.4 Å². The molecule has 0 spiro atoms. The number of aryl methyl sites for hydroxylation is 1. The molecule has 2 rings (SSSR count). The fraction of sp³-hybridized carbons (Fsp3) is 0.250. The minimum atomic E-state index is -0.939. The van der Waals surface area contributed by atoms with Crippen LogP contribution in [0.2, 0.25) is 0 Å². The van der Waals surface area contributed by atoms with Crippen LogP contribution in [0, 0.1) is 0 Å². The van der Waals surface area contributed by atoms with Crippen LogP contribution in [0.3, 0.4) is 0 Å². The summed E-state index contributed by atoms with van der Waals surface area (Å²) in [6.07, 6.45) is 0.880. The van der Waals surface area contributed by atoms with Gasteiger partial charge in [0.05, 0.1) is 12.5 Å². The summed E-state index contributed by atoms with van der Waals surface area (Å²) in [5.74, 6) is -1.08. The summed E-state index contributed by atoms with van der Waals surface area (Å²) in [6, 6.07) is 8.78. The Labute approximate surface area is 141 Å². The van der Waals surface area contributed by atoms with E-state index in [1.54, 1.807) is 11.3 Å². The van der Waals surface area contributed by atoms with Gasteiger partial charge in [-0.15, -0.1) is 0 Å². The number of hydrogen-bond donors (Lipinski definition) is 2. The quantitative estimate of drug-likeness (QED) is 0.766. The van der Waals surface area contributed by atoms with Gasteiger partial charge in [-0.05, 0) is 46.5 Å². The van der Waals surface area contributed by atoms with Crippen LogP contribution in [0.4, 0.5) is 0 Å². The van der Waals surface area contributed by atoms with Crippen molar-refractivity contribution in [2.24, 2.45) is 0 Å². The molecular weight excluding hydrogens is 366 g/mol. The Balaban J connectivity index is 1.98. The Morgan fingerprint density at radius 2 is 1.95 bits per heavy atom. The van der Waals surface area contributed by atoms with Crippen molar-refractivity contribution in [2.45, 2.75) is 25.3 Å². The molecule has 4 nitrogen and oxygen atoms in total. The van der Waals surface area contributed by atoms with Crippen molar-refractivity contribution in [1.29, 1.82) is 0 Å². The summed E-state index contributed by atoms with van der Waals surface area (Å²) < 4.78 is 0.911. The van der Waals surface area contributed by atoms with Crippen molar-refractivity contribution in [1.82, 2.24) is 5.32 Å². The molecule has 0 bridgehead atoms. The maximum atomic E-state index is 12.1. The van der Waals surface area contributed by atoms with Gasteiger partial charge in [0.2, 0.25) is 5.91 Å². The molecule has 22 heavy (non-hydrogen) atoms. The van der Waals surface area contributed by atoms with Gasteiger partial charge in [0.25, 0.3) is 0 Å². The van der Waals surface area contributed by atoms with Crippen LogP contribution in [0.15, 0.2) is 45.6 Å². The summed E-state index contributed by atoms with van der Waals surface area (Å²) in [5, 5.41) is 15.8. The minimum absolute atomic E-state index is 0.133. The fourth-order valence-corrected chi connectivity index (χ4v) is 3.05. The number of aliphatic carboxylic acids is 1. The lowest BCUT2D eigenvalue weighted by Crippen LogP contribution is -2.30. The van der Waals surface area contributed by atoms with Gasteiger partial charge in [-0.1, -0.05) is 28.1 Å². The standard InChI is InChI=1S/C16H16BrNO3S/c17-13-4-2-12(3-5-13)14(9-16(20)21)18-15(19)6-1-11-7-8-22-10-11/h2-5,7-8,10,14H,1,6,9H2,(H,18,19)(H,20,21). The summed E-state index contributed by atoms with van der Waals surface area (Å²) in [7, 11) is 0. The van der Waals surface area contributed by atoms with Gasteiger partial charge in [-0.3, -0.25) is 9.59 Å². The highest BCUT2D eigenvalue weighted by Gasteiger charge is 2.18. The second-order valence-electron chi connectivity index (χ2n) is 4.90. The van der Waals surface area contributed by atoms with Crippen molar-refractivity contribution in [3.63, 3.8) is 0 Å². The maximum absolute atomic E-state index is 12.1. The number of benzene rings is 1. The first-order chi connectivity index (χ1) is 10.5. The number of carbonyl (C=O) groups excluding carboxylic acids is 1. The van der Waals surface area contributed by atoms with Crippen molar-refractivity contribution >= 4 is 39.1 Å². The van der Waals surface area contributed by atoms with Gasteiger partial charge in [-0.25, -0.2) is 0 Å². The molecule has 2 N–H and O–H groups in total. The summed E-state index contributed by atoms with van der Waals surface area (Å²) in [6.45, 7) is 0. The maximum Gasteiger partial charge on any atom is 0.305 e. The Morgan fingerprint density at radius 3 is 2.55 bits per heavy atom.